The first-order chi connectivity index (χ1) is 11.2. The highest BCUT2D eigenvalue weighted by Gasteiger charge is 2.25. The summed E-state index contributed by atoms with van der Waals surface area (Å²) in [4.78, 5) is 0. The Kier molecular flexibility index (Phi) is 5.99. The molecule has 2 nitrogen and oxygen atoms in total. The lowest BCUT2D eigenvalue weighted by Crippen LogP contribution is -2.42. The minimum Gasteiger partial charge on any atom is -0.399 e. The molecule has 0 saturated heterocycles. The van der Waals surface area contributed by atoms with Gasteiger partial charge in [-0.25, -0.2) is 0 Å². The molecule has 128 valence electrons. The Morgan fingerprint density at radius 3 is 1.87 bits per heavy atom. The first kappa shape index (κ1) is 16.8. The fourth-order valence-electron chi connectivity index (χ4n) is 4.59. The predicted octanol–water partition coefficient (Wildman–Crippen LogP) is 4.93. The van der Waals surface area contributed by atoms with E-state index in [9.17, 15) is 0 Å². The molecular formula is C21H34N2. The molecule has 2 fully saturated rings. The smallest absolute Gasteiger partial charge is 0.0314 e. The maximum absolute atomic E-state index is 5.78. The molecule has 0 atom stereocenters. The molecule has 0 amide bonds. The maximum atomic E-state index is 5.78. The number of rotatable bonds is 5. The highest BCUT2D eigenvalue weighted by molar-refractivity contribution is 5.39. The third-order valence-corrected chi connectivity index (χ3v) is 6.25. The average molecular weight is 315 g/mol. The summed E-state index contributed by atoms with van der Waals surface area (Å²) in [6.45, 7) is 2.35. The summed E-state index contributed by atoms with van der Waals surface area (Å²) in [5, 5.41) is 3.98. The van der Waals surface area contributed by atoms with Gasteiger partial charge in [-0.05, 0) is 87.3 Å². The van der Waals surface area contributed by atoms with Gasteiger partial charge in [-0.3, -0.25) is 0 Å². The summed E-state index contributed by atoms with van der Waals surface area (Å²) in [6, 6.07) is 10.1. The highest BCUT2D eigenvalue weighted by Crippen LogP contribution is 2.30. The van der Waals surface area contributed by atoms with E-state index in [-0.39, 0.29) is 0 Å². The number of anilines is 1. The lowest BCUT2D eigenvalue weighted by atomic mass is 9.80. The van der Waals surface area contributed by atoms with Crippen molar-refractivity contribution in [3.05, 3.63) is 29.8 Å². The number of nitrogens with one attached hydrogen (secondary N) is 1. The molecule has 0 spiro atoms. The first-order valence-electron chi connectivity index (χ1n) is 9.83. The van der Waals surface area contributed by atoms with Gasteiger partial charge in [0.1, 0.15) is 0 Å². The number of nitrogen functional groups attached to an aromatic ring is 1. The molecule has 0 heterocycles. The van der Waals surface area contributed by atoms with Crippen LogP contribution in [0.4, 0.5) is 5.69 Å². The van der Waals surface area contributed by atoms with E-state index >= 15 is 0 Å². The van der Waals surface area contributed by atoms with Crippen molar-refractivity contribution in [1.29, 1.82) is 0 Å². The normalized spacial score (nSPS) is 31.9. The number of hydrogen-bond donors (Lipinski definition) is 2. The van der Waals surface area contributed by atoms with E-state index in [1.165, 1.54) is 69.8 Å². The van der Waals surface area contributed by atoms with Crippen LogP contribution in [0.25, 0.3) is 0 Å². The van der Waals surface area contributed by atoms with Crippen LogP contribution < -0.4 is 11.1 Å². The van der Waals surface area contributed by atoms with Crippen LogP contribution in [0.15, 0.2) is 24.3 Å². The zero-order chi connectivity index (χ0) is 16.1. The van der Waals surface area contributed by atoms with Crippen molar-refractivity contribution in [2.45, 2.75) is 83.2 Å². The van der Waals surface area contributed by atoms with Gasteiger partial charge in [0, 0.05) is 17.8 Å². The quantitative estimate of drug-likeness (QED) is 0.756. The van der Waals surface area contributed by atoms with E-state index < -0.39 is 0 Å². The summed E-state index contributed by atoms with van der Waals surface area (Å²) in [5.41, 5.74) is 8.10. The van der Waals surface area contributed by atoms with Crippen molar-refractivity contribution >= 4 is 5.69 Å². The van der Waals surface area contributed by atoms with Gasteiger partial charge >= 0.3 is 0 Å². The van der Waals surface area contributed by atoms with E-state index in [2.05, 4.69) is 24.4 Å². The van der Waals surface area contributed by atoms with Gasteiger partial charge < -0.3 is 11.1 Å². The number of benzene rings is 1. The molecule has 0 bridgehead atoms. The summed E-state index contributed by atoms with van der Waals surface area (Å²) < 4.78 is 0. The Balaban J connectivity index is 1.38. The Labute approximate surface area is 142 Å². The van der Waals surface area contributed by atoms with Crippen LogP contribution in [0, 0.1) is 11.8 Å². The summed E-state index contributed by atoms with van der Waals surface area (Å²) in [6.07, 6.45) is 13.8. The SMILES string of the molecule is CCC1CCC(NC2CCC(Cc3ccc(N)cc3)CC2)CC1. The third-order valence-electron chi connectivity index (χ3n) is 6.25. The van der Waals surface area contributed by atoms with E-state index in [0.29, 0.717) is 0 Å². The summed E-state index contributed by atoms with van der Waals surface area (Å²) in [5.74, 6) is 1.87. The van der Waals surface area contributed by atoms with E-state index in [1.807, 2.05) is 12.1 Å². The van der Waals surface area contributed by atoms with Gasteiger partial charge in [-0.2, -0.15) is 0 Å². The molecule has 2 aliphatic rings. The predicted molar refractivity (Wildman–Crippen MR) is 99.5 cm³/mol. The van der Waals surface area contributed by atoms with Gasteiger partial charge in [-0.15, -0.1) is 0 Å². The van der Waals surface area contributed by atoms with Crippen molar-refractivity contribution in [1.82, 2.24) is 5.32 Å². The van der Waals surface area contributed by atoms with Crippen LogP contribution in [0.1, 0.15) is 70.3 Å². The molecule has 0 aromatic heterocycles. The zero-order valence-electron chi connectivity index (χ0n) is 14.8. The van der Waals surface area contributed by atoms with Gasteiger partial charge in [-0.1, -0.05) is 25.5 Å². The average Bonchev–Trinajstić information content (AvgIpc) is 2.59. The number of nitrogens with two attached hydrogens (primary N) is 1. The molecule has 1 aromatic carbocycles. The first-order valence-corrected chi connectivity index (χ1v) is 9.83. The second kappa shape index (κ2) is 8.19. The largest absolute Gasteiger partial charge is 0.399 e. The molecular weight excluding hydrogens is 280 g/mol. The van der Waals surface area contributed by atoms with Crippen LogP contribution in [0.5, 0.6) is 0 Å². The lowest BCUT2D eigenvalue weighted by molar-refractivity contribution is 0.227. The Hall–Kier alpha value is -1.02. The molecule has 3 rings (SSSR count). The van der Waals surface area contributed by atoms with Crippen molar-refractivity contribution in [3.63, 3.8) is 0 Å². The van der Waals surface area contributed by atoms with Crippen LogP contribution in [0.3, 0.4) is 0 Å². The van der Waals surface area contributed by atoms with Crippen LogP contribution in [-0.4, -0.2) is 12.1 Å². The molecule has 1 aromatic rings. The Morgan fingerprint density at radius 1 is 0.826 bits per heavy atom. The summed E-state index contributed by atoms with van der Waals surface area (Å²) in [7, 11) is 0. The van der Waals surface area contributed by atoms with Crippen molar-refractivity contribution < 1.29 is 0 Å². The molecule has 2 saturated carbocycles. The van der Waals surface area contributed by atoms with E-state index in [4.69, 9.17) is 5.73 Å². The topological polar surface area (TPSA) is 38.0 Å². The minimum absolute atomic E-state index is 0.779. The van der Waals surface area contributed by atoms with Crippen LogP contribution >= 0.6 is 0 Å². The zero-order valence-corrected chi connectivity index (χ0v) is 14.8. The Morgan fingerprint density at radius 2 is 1.35 bits per heavy atom. The molecule has 0 radical (unpaired) electrons. The fraction of sp³-hybridized carbons (Fsp3) is 0.714. The van der Waals surface area contributed by atoms with E-state index in [1.54, 1.807) is 0 Å². The monoisotopic (exact) mass is 314 g/mol. The molecule has 3 N–H and O–H groups in total. The molecule has 23 heavy (non-hydrogen) atoms. The van der Waals surface area contributed by atoms with Crippen molar-refractivity contribution in [2.24, 2.45) is 11.8 Å². The minimum atomic E-state index is 0.779. The lowest BCUT2D eigenvalue weighted by Gasteiger charge is -2.35. The molecule has 2 aliphatic carbocycles. The van der Waals surface area contributed by atoms with Crippen LogP contribution in [-0.2, 0) is 6.42 Å². The van der Waals surface area contributed by atoms with Gasteiger partial charge in [0.15, 0.2) is 0 Å². The standard InChI is InChI=1S/C21H34N2/c1-2-16-5-11-20(12-6-16)23-21-13-7-18(8-14-21)15-17-3-9-19(22)10-4-17/h3-4,9-10,16,18,20-21,23H,2,5-8,11-15,22H2,1H3. The third kappa shape index (κ3) is 4.97. The van der Waals surface area contributed by atoms with Crippen LogP contribution in [0.2, 0.25) is 0 Å². The van der Waals surface area contributed by atoms with E-state index in [0.717, 1.165) is 29.6 Å². The molecule has 0 aliphatic heterocycles. The van der Waals surface area contributed by atoms with Crippen molar-refractivity contribution in [3.8, 4) is 0 Å². The maximum Gasteiger partial charge on any atom is 0.0314 e. The van der Waals surface area contributed by atoms with Gasteiger partial charge in [0.2, 0.25) is 0 Å². The van der Waals surface area contributed by atoms with Gasteiger partial charge in [0.25, 0.3) is 0 Å². The molecule has 0 unspecified atom stereocenters. The second-order valence-corrected chi connectivity index (χ2v) is 7.96. The second-order valence-electron chi connectivity index (χ2n) is 7.96. The highest BCUT2D eigenvalue weighted by atomic mass is 15.0. The van der Waals surface area contributed by atoms with Crippen molar-refractivity contribution in [2.75, 3.05) is 5.73 Å². The van der Waals surface area contributed by atoms with Gasteiger partial charge in [0.05, 0.1) is 0 Å². The Bertz CT molecular complexity index is 451. The fourth-order valence-corrected chi connectivity index (χ4v) is 4.59. The summed E-state index contributed by atoms with van der Waals surface area (Å²) >= 11 is 0. The number of hydrogen-bond acceptors (Lipinski definition) is 2. The molecule has 2 heteroatoms.